The average Bonchev–Trinajstić information content (AvgIpc) is 2.30. The molecule has 0 heterocycles. The molecule has 122 valence electrons. The van der Waals surface area contributed by atoms with Crippen molar-refractivity contribution in [2.24, 2.45) is 0 Å². The minimum atomic E-state index is -1.10. The van der Waals surface area contributed by atoms with E-state index >= 15 is 0 Å². The smallest absolute Gasteiger partial charge is 0.408 e. The molecule has 0 bridgehead atoms. The second kappa shape index (κ2) is 8.76. The quantitative estimate of drug-likeness (QED) is 0.651. The van der Waals surface area contributed by atoms with E-state index in [2.05, 4.69) is 10.6 Å². The summed E-state index contributed by atoms with van der Waals surface area (Å²) in [6.45, 7) is 6.59. The average molecular weight is 320 g/mol. The molecule has 0 aliphatic heterocycles. The Hall–Kier alpha value is -1.44. The van der Waals surface area contributed by atoms with Gasteiger partial charge in [0, 0.05) is 0 Å². The largest absolute Gasteiger partial charge is 0.480 e. The van der Waals surface area contributed by atoms with E-state index in [4.69, 9.17) is 9.84 Å². The van der Waals surface area contributed by atoms with Crippen molar-refractivity contribution in [3.63, 3.8) is 0 Å². The lowest BCUT2D eigenvalue weighted by molar-refractivity contribution is -0.142. The summed E-state index contributed by atoms with van der Waals surface area (Å²) in [4.78, 5) is 34.4. The van der Waals surface area contributed by atoms with Crippen molar-refractivity contribution < 1.29 is 24.2 Å². The molecule has 0 aromatic heterocycles. The van der Waals surface area contributed by atoms with Gasteiger partial charge in [-0.1, -0.05) is 0 Å². The zero-order valence-corrected chi connectivity index (χ0v) is 13.9. The van der Waals surface area contributed by atoms with Gasteiger partial charge in [-0.05, 0) is 46.1 Å². The number of thioether (sulfide) groups is 1. The van der Waals surface area contributed by atoms with Gasteiger partial charge in [-0.15, -0.1) is 0 Å². The highest BCUT2D eigenvalue weighted by molar-refractivity contribution is 7.98. The fourth-order valence-electron chi connectivity index (χ4n) is 1.34. The number of hydrogen-bond acceptors (Lipinski definition) is 5. The van der Waals surface area contributed by atoms with Crippen LogP contribution in [0.25, 0.3) is 0 Å². The molecule has 0 aromatic carbocycles. The van der Waals surface area contributed by atoms with Crippen LogP contribution in [0.5, 0.6) is 0 Å². The molecule has 2 atom stereocenters. The second-order valence-electron chi connectivity index (χ2n) is 5.55. The number of nitrogens with one attached hydrogen (secondary N) is 2. The van der Waals surface area contributed by atoms with Crippen LogP contribution in [-0.4, -0.2) is 52.8 Å². The highest BCUT2D eigenvalue weighted by Crippen LogP contribution is 2.07. The minimum absolute atomic E-state index is 0.321. The van der Waals surface area contributed by atoms with Crippen LogP contribution in [0.4, 0.5) is 4.79 Å². The molecule has 0 radical (unpaired) electrons. The summed E-state index contributed by atoms with van der Waals surface area (Å²) in [5.41, 5.74) is -0.664. The summed E-state index contributed by atoms with van der Waals surface area (Å²) in [6, 6.07) is -1.84. The molecule has 0 aromatic rings. The first-order valence-corrected chi connectivity index (χ1v) is 7.98. The van der Waals surface area contributed by atoms with Crippen molar-refractivity contribution in [1.29, 1.82) is 0 Å². The first-order valence-electron chi connectivity index (χ1n) is 6.58. The standard InChI is InChI=1S/C13H24N2O5S/c1-8(14-12(19)20-13(2,3)4)10(16)15-9(11(17)18)6-7-21-5/h8-9H,6-7H2,1-5H3,(H,14,19)(H,15,16)(H,17,18). The van der Waals surface area contributed by atoms with Crippen LogP contribution in [0.15, 0.2) is 0 Å². The number of hydrogen-bond donors (Lipinski definition) is 3. The molecule has 0 saturated heterocycles. The van der Waals surface area contributed by atoms with Crippen LogP contribution in [-0.2, 0) is 14.3 Å². The third-order valence-corrected chi connectivity index (χ3v) is 3.00. The van der Waals surface area contributed by atoms with Crippen LogP contribution < -0.4 is 10.6 Å². The second-order valence-corrected chi connectivity index (χ2v) is 6.53. The summed E-state index contributed by atoms with van der Waals surface area (Å²) in [5.74, 6) is -1.04. The predicted molar refractivity (Wildman–Crippen MR) is 81.4 cm³/mol. The van der Waals surface area contributed by atoms with Gasteiger partial charge < -0.3 is 20.5 Å². The van der Waals surface area contributed by atoms with Gasteiger partial charge in [-0.25, -0.2) is 9.59 Å². The van der Waals surface area contributed by atoms with Crippen LogP contribution in [0.2, 0.25) is 0 Å². The van der Waals surface area contributed by atoms with Gasteiger partial charge >= 0.3 is 12.1 Å². The van der Waals surface area contributed by atoms with E-state index in [0.29, 0.717) is 12.2 Å². The third kappa shape index (κ3) is 9.17. The maximum absolute atomic E-state index is 11.9. The zero-order valence-electron chi connectivity index (χ0n) is 13.1. The lowest BCUT2D eigenvalue weighted by atomic mass is 10.2. The number of rotatable bonds is 7. The number of alkyl carbamates (subject to hydrolysis) is 1. The molecule has 0 aliphatic rings. The number of carbonyl (C=O) groups is 3. The Bertz CT molecular complexity index is 381. The molecule has 0 saturated carbocycles. The molecule has 2 amide bonds. The Balaban J connectivity index is 4.42. The van der Waals surface area contributed by atoms with Crippen molar-refractivity contribution >= 4 is 29.7 Å². The molecule has 3 N–H and O–H groups in total. The fraction of sp³-hybridized carbons (Fsp3) is 0.769. The van der Waals surface area contributed by atoms with E-state index in [1.807, 2.05) is 6.26 Å². The SMILES string of the molecule is CSCCC(NC(=O)C(C)NC(=O)OC(C)(C)C)C(=O)O. The van der Waals surface area contributed by atoms with E-state index in [1.165, 1.54) is 18.7 Å². The van der Waals surface area contributed by atoms with E-state index in [0.717, 1.165) is 0 Å². The topological polar surface area (TPSA) is 105 Å². The van der Waals surface area contributed by atoms with Crippen LogP contribution in [0.1, 0.15) is 34.1 Å². The molecular weight excluding hydrogens is 296 g/mol. The van der Waals surface area contributed by atoms with Crippen molar-refractivity contribution in [1.82, 2.24) is 10.6 Å². The first kappa shape index (κ1) is 19.6. The van der Waals surface area contributed by atoms with Crippen molar-refractivity contribution in [3.8, 4) is 0 Å². The van der Waals surface area contributed by atoms with Gasteiger partial charge in [0.15, 0.2) is 0 Å². The number of aliphatic carboxylic acids is 1. The zero-order chi connectivity index (χ0) is 16.6. The molecule has 0 spiro atoms. The normalized spacial score (nSPS) is 14.0. The van der Waals surface area contributed by atoms with Gasteiger partial charge in [0.25, 0.3) is 0 Å². The van der Waals surface area contributed by atoms with Crippen LogP contribution >= 0.6 is 11.8 Å². The first-order chi connectivity index (χ1) is 9.56. The molecule has 8 heteroatoms. The molecule has 0 fully saturated rings. The van der Waals surface area contributed by atoms with Gasteiger partial charge in [0.2, 0.25) is 5.91 Å². The summed E-state index contributed by atoms with van der Waals surface area (Å²) >= 11 is 1.50. The van der Waals surface area contributed by atoms with E-state index in [-0.39, 0.29) is 0 Å². The number of carbonyl (C=O) groups excluding carboxylic acids is 2. The lowest BCUT2D eigenvalue weighted by Crippen LogP contribution is -2.51. The number of ether oxygens (including phenoxy) is 1. The van der Waals surface area contributed by atoms with Gasteiger partial charge in [0.1, 0.15) is 17.7 Å². The monoisotopic (exact) mass is 320 g/mol. The number of carboxylic acid groups (broad SMARTS) is 1. The summed E-state index contributed by atoms with van der Waals surface area (Å²) in [7, 11) is 0. The third-order valence-electron chi connectivity index (χ3n) is 2.35. The molecule has 7 nitrogen and oxygen atoms in total. The number of amides is 2. The van der Waals surface area contributed by atoms with E-state index in [9.17, 15) is 14.4 Å². The Morgan fingerprint density at radius 2 is 1.81 bits per heavy atom. The van der Waals surface area contributed by atoms with Gasteiger partial charge in [-0.2, -0.15) is 11.8 Å². The maximum atomic E-state index is 11.9. The van der Waals surface area contributed by atoms with Gasteiger partial charge in [0.05, 0.1) is 0 Å². The highest BCUT2D eigenvalue weighted by Gasteiger charge is 2.25. The highest BCUT2D eigenvalue weighted by atomic mass is 32.2. The molecule has 2 unspecified atom stereocenters. The van der Waals surface area contributed by atoms with Crippen LogP contribution in [0, 0.1) is 0 Å². The Morgan fingerprint density at radius 3 is 2.24 bits per heavy atom. The Kier molecular flexibility index (Phi) is 8.16. The van der Waals surface area contributed by atoms with E-state index in [1.54, 1.807) is 20.8 Å². The summed E-state index contributed by atoms with van der Waals surface area (Å²) < 4.78 is 5.03. The molecule has 21 heavy (non-hydrogen) atoms. The molecule has 0 rings (SSSR count). The van der Waals surface area contributed by atoms with Gasteiger partial charge in [-0.3, -0.25) is 4.79 Å². The minimum Gasteiger partial charge on any atom is -0.480 e. The predicted octanol–water partition coefficient (Wildman–Crippen LogP) is 1.22. The maximum Gasteiger partial charge on any atom is 0.408 e. The van der Waals surface area contributed by atoms with Crippen molar-refractivity contribution in [3.05, 3.63) is 0 Å². The fourth-order valence-corrected chi connectivity index (χ4v) is 1.81. The Labute approximate surface area is 129 Å². The lowest BCUT2D eigenvalue weighted by Gasteiger charge is -2.22. The molecule has 0 aliphatic carbocycles. The van der Waals surface area contributed by atoms with E-state index < -0.39 is 35.7 Å². The summed E-state index contributed by atoms with van der Waals surface area (Å²) in [5, 5.41) is 13.8. The number of carboxylic acids is 1. The van der Waals surface area contributed by atoms with Crippen molar-refractivity contribution in [2.75, 3.05) is 12.0 Å². The van der Waals surface area contributed by atoms with Crippen LogP contribution in [0.3, 0.4) is 0 Å². The van der Waals surface area contributed by atoms with Crippen molar-refractivity contribution in [2.45, 2.75) is 51.8 Å². The Morgan fingerprint density at radius 1 is 1.24 bits per heavy atom. The molecular formula is C13H24N2O5S. The summed E-state index contributed by atoms with van der Waals surface area (Å²) in [6.07, 6.45) is 1.45.